The Labute approximate surface area is 112 Å². The zero-order valence-electron chi connectivity index (χ0n) is 10.7. The number of rotatable bonds is 2. The van der Waals surface area contributed by atoms with E-state index in [4.69, 9.17) is 4.74 Å². The third kappa shape index (κ3) is 2.51. The summed E-state index contributed by atoms with van der Waals surface area (Å²) in [7, 11) is 0. The number of aromatic nitrogens is 1. The first-order valence-electron chi connectivity index (χ1n) is 6.64. The zero-order chi connectivity index (χ0) is 13.1. The van der Waals surface area contributed by atoms with E-state index >= 15 is 0 Å². The van der Waals surface area contributed by atoms with Crippen molar-refractivity contribution in [3.05, 3.63) is 54.0 Å². The van der Waals surface area contributed by atoms with E-state index < -0.39 is 0 Å². The van der Waals surface area contributed by atoms with Crippen LogP contribution in [0.5, 0.6) is 0 Å². The predicted octanol–water partition coefficient (Wildman–Crippen LogP) is 3.78. The summed E-state index contributed by atoms with van der Waals surface area (Å²) in [5.74, 6) is 0.171. The van der Waals surface area contributed by atoms with Gasteiger partial charge in [-0.05, 0) is 42.5 Å². The van der Waals surface area contributed by atoms with E-state index in [1.165, 1.54) is 6.07 Å². The number of hydrogen-bond donors (Lipinski definition) is 0. The Morgan fingerprint density at radius 2 is 1.89 bits per heavy atom. The minimum Gasteiger partial charge on any atom is -0.381 e. The van der Waals surface area contributed by atoms with Gasteiger partial charge in [-0.3, -0.25) is 4.98 Å². The Morgan fingerprint density at radius 1 is 1.05 bits per heavy atom. The Kier molecular flexibility index (Phi) is 3.56. The summed E-state index contributed by atoms with van der Waals surface area (Å²) < 4.78 is 19.6. The molecule has 3 rings (SSSR count). The first-order chi connectivity index (χ1) is 9.36. The maximum Gasteiger partial charge on any atom is 0.132 e. The number of nitrogens with zero attached hydrogens (tertiary/aromatic N) is 1. The van der Waals surface area contributed by atoms with Gasteiger partial charge in [-0.2, -0.15) is 0 Å². The van der Waals surface area contributed by atoms with Crippen molar-refractivity contribution in [1.29, 1.82) is 0 Å². The van der Waals surface area contributed by atoms with Crippen molar-refractivity contribution in [2.75, 3.05) is 13.2 Å². The molecule has 2 aromatic rings. The van der Waals surface area contributed by atoms with Gasteiger partial charge < -0.3 is 4.74 Å². The van der Waals surface area contributed by atoms with Crippen molar-refractivity contribution in [3.63, 3.8) is 0 Å². The lowest BCUT2D eigenvalue weighted by molar-refractivity contribution is 0.0854. The summed E-state index contributed by atoms with van der Waals surface area (Å²) in [6, 6.07) is 10.9. The number of pyridine rings is 1. The number of halogens is 1. The Balaban J connectivity index is 2.07. The number of benzene rings is 1. The smallest absolute Gasteiger partial charge is 0.132 e. The molecule has 1 aromatic carbocycles. The first kappa shape index (κ1) is 12.3. The minimum absolute atomic E-state index is 0.192. The Bertz CT molecular complexity index is 550. The van der Waals surface area contributed by atoms with Crippen LogP contribution in [0.1, 0.15) is 24.3 Å². The van der Waals surface area contributed by atoms with Gasteiger partial charge in [0.1, 0.15) is 5.82 Å². The molecule has 1 aliphatic heterocycles. The normalized spacial score (nSPS) is 16.5. The van der Waals surface area contributed by atoms with Crippen LogP contribution in [0.15, 0.2) is 42.6 Å². The van der Waals surface area contributed by atoms with Crippen LogP contribution in [0.4, 0.5) is 4.39 Å². The number of hydrogen-bond acceptors (Lipinski definition) is 2. The second-order valence-electron chi connectivity index (χ2n) is 4.81. The maximum absolute atomic E-state index is 14.2. The summed E-state index contributed by atoms with van der Waals surface area (Å²) in [6.45, 7) is 1.51. The van der Waals surface area contributed by atoms with Crippen molar-refractivity contribution < 1.29 is 9.13 Å². The summed E-state index contributed by atoms with van der Waals surface area (Å²) >= 11 is 0. The van der Waals surface area contributed by atoms with Crippen molar-refractivity contribution in [1.82, 2.24) is 4.98 Å². The van der Waals surface area contributed by atoms with Crippen molar-refractivity contribution in [2.24, 2.45) is 0 Å². The molecule has 0 N–H and O–H groups in total. The molecule has 2 nitrogen and oxygen atoms in total. The molecule has 19 heavy (non-hydrogen) atoms. The molecule has 0 unspecified atom stereocenters. The summed E-state index contributed by atoms with van der Waals surface area (Å²) in [5, 5.41) is 0. The first-order valence-corrected chi connectivity index (χ1v) is 6.64. The quantitative estimate of drug-likeness (QED) is 0.816. The van der Waals surface area contributed by atoms with Gasteiger partial charge in [-0.25, -0.2) is 4.39 Å². The van der Waals surface area contributed by atoms with Gasteiger partial charge in [-0.1, -0.05) is 18.2 Å². The van der Waals surface area contributed by atoms with Crippen molar-refractivity contribution in [3.8, 4) is 11.3 Å². The topological polar surface area (TPSA) is 22.1 Å². The highest BCUT2D eigenvalue weighted by Gasteiger charge is 2.21. The van der Waals surface area contributed by atoms with Crippen LogP contribution in [0, 0.1) is 5.82 Å². The van der Waals surface area contributed by atoms with E-state index in [-0.39, 0.29) is 5.82 Å². The van der Waals surface area contributed by atoms with Gasteiger partial charge in [0.15, 0.2) is 0 Å². The Morgan fingerprint density at radius 3 is 2.63 bits per heavy atom. The van der Waals surface area contributed by atoms with E-state index in [1.807, 2.05) is 24.3 Å². The fourth-order valence-electron chi connectivity index (χ4n) is 2.67. The predicted molar refractivity (Wildman–Crippen MR) is 72.4 cm³/mol. The fraction of sp³-hybridized carbons (Fsp3) is 0.312. The molecule has 2 heterocycles. The highest BCUT2D eigenvalue weighted by Crippen LogP contribution is 2.35. The van der Waals surface area contributed by atoms with Crippen LogP contribution < -0.4 is 0 Å². The lowest BCUT2D eigenvalue weighted by Gasteiger charge is -2.24. The van der Waals surface area contributed by atoms with Gasteiger partial charge in [0.05, 0.1) is 5.69 Å². The highest BCUT2D eigenvalue weighted by molar-refractivity contribution is 5.65. The molecule has 1 saturated heterocycles. The molecule has 1 aliphatic rings. The van der Waals surface area contributed by atoms with Crippen molar-refractivity contribution >= 4 is 0 Å². The van der Waals surface area contributed by atoms with Crippen LogP contribution in [0.3, 0.4) is 0 Å². The molecule has 1 aromatic heterocycles. The molecule has 0 atom stereocenters. The third-order valence-corrected chi connectivity index (χ3v) is 3.63. The van der Waals surface area contributed by atoms with E-state index in [1.54, 1.807) is 12.3 Å². The molecule has 3 heteroatoms. The molecule has 0 saturated carbocycles. The van der Waals surface area contributed by atoms with Crippen LogP contribution >= 0.6 is 0 Å². The van der Waals surface area contributed by atoms with Crippen molar-refractivity contribution in [2.45, 2.75) is 18.8 Å². The molecule has 0 amide bonds. The highest BCUT2D eigenvalue weighted by atomic mass is 19.1. The zero-order valence-corrected chi connectivity index (χ0v) is 10.7. The second-order valence-corrected chi connectivity index (χ2v) is 4.81. The molecular weight excluding hydrogens is 241 g/mol. The standard InChI is InChI=1S/C16H16FNO/c17-14-5-3-4-13(12-7-10-19-11-8-12)16(14)15-6-1-2-9-18-15/h1-6,9,12H,7-8,10-11H2. The van der Waals surface area contributed by atoms with E-state index in [2.05, 4.69) is 4.98 Å². The van der Waals surface area contributed by atoms with Crippen LogP contribution in [0.2, 0.25) is 0 Å². The maximum atomic E-state index is 14.2. The van der Waals surface area contributed by atoms with Gasteiger partial charge in [0.25, 0.3) is 0 Å². The molecule has 0 aliphatic carbocycles. The van der Waals surface area contributed by atoms with Gasteiger partial charge in [0.2, 0.25) is 0 Å². The second kappa shape index (κ2) is 5.49. The molecule has 98 valence electrons. The van der Waals surface area contributed by atoms with E-state index in [0.717, 1.165) is 31.6 Å². The average molecular weight is 257 g/mol. The van der Waals surface area contributed by atoms with Crippen LogP contribution in [-0.2, 0) is 4.74 Å². The third-order valence-electron chi connectivity index (χ3n) is 3.63. The minimum atomic E-state index is -0.192. The summed E-state index contributed by atoms with van der Waals surface area (Å²) in [5.41, 5.74) is 2.42. The lowest BCUT2D eigenvalue weighted by atomic mass is 9.87. The molecule has 0 radical (unpaired) electrons. The van der Waals surface area contributed by atoms with Gasteiger partial charge >= 0.3 is 0 Å². The summed E-state index contributed by atoms with van der Waals surface area (Å²) in [4.78, 5) is 4.29. The van der Waals surface area contributed by atoms with Crippen LogP contribution in [-0.4, -0.2) is 18.2 Å². The largest absolute Gasteiger partial charge is 0.381 e. The molecule has 1 fully saturated rings. The fourth-order valence-corrected chi connectivity index (χ4v) is 2.67. The average Bonchev–Trinajstić information content (AvgIpc) is 2.49. The molecule has 0 bridgehead atoms. The number of ether oxygens (including phenoxy) is 1. The Hall–Kier alpha value is -1.74. The summed E-state index contributed by atoms with van der Waals surface area (Å²) in [6.07, 6.45) is 3.60. The lowest BCUT2D eigenvalue weighted by Crippen LogP contribution is -2.15. The molecule has 0 spiro atoms. The van der Waals surface area contributed by atoms with E-state index in [0.29, 0.717) is 17.2 Å². The van der Waals surface area contributed by atoms with E-state index in [9.17, 15) is 4.39 Å². The SMILES string of the molecule is Fc1cccc(C2CCOCC2)c1-c1ccccn1. The van der Waals surface area contributed by atoms with Gasteiger partial charge in [0, 0.05) is 25.0 Å². The van der Waals surface area contributed by atoms with Crippen LogP contribution in [0.25, 0.3) is 11.3 Å². The van der Waals surface area contributed by atoms with Gasteiger partial charge in [-0.15, -0.1) is 0 Å². The monoisotopic (exact) mass is 257 g/mol. The molecular formula is C16H16FNO.